The van der Waals surface area contributed by atoms with Gasteiger partial charge in [-0.3, -0.25) is 0 Å². The van der Waals surface area contributed by atoms with Crippen molar-refractivity contribution >= 4 is 25.2 Å². The van der Waals surface area contributed by atoms with Gasteiger partial charge in [0.25, 0.3) is 0 Å². The maximum absolute atomic E-state index is 5.99. The lowest BCUT2D eigenvalue weighted by Crippen LogP contribution is -2.38. The van der Waals surface area contributed by atoms with Gasteiger partial charge >= 0.3 is 14.2 Å². The second-order valence-electron chi connectivity index (χ2n) is 5.50. The molecular formula is C16H16B2O4. The van der Waals surface area contributed by atoms with Crippen molar-refractivity contribution in [1.29, 1.82) is 0 Å². The minimum absolute atomic E-state index is 0.0982. The molecule has 2 aliphatic heterocycles. The Bertz CT molecular complexity index is 555. The fraction of sp³-hybridized carbons (Fsp3) is 0.250. The maximum atomic E-state index is 5.99. The molecule has 0 amide bonds. The number of hydrogen-bond acceptors (Lipinski definition) is 4. The van der Waals surface area contributed by atoms with E-state index in [1.54, 1.807) is 0 Å². The van der Waals surface area contributed by atoms with Crippen LogP contribution in [0, 0.1) is 0 Å². The van der Waals surface area contributed by atoms with Crippen LogP contribution in [0.2, 0.25) is 0 Å². The van der Waals surface area contributed by atoms with Crippen LogP contribution in [-0.2, 0) is 18.6 Å². The largest absolute Gasteiger partial charge is 0.494 e. The van der Waals surface area contributed by atoms with Gasteiger partial charge in [-0.1, -0.05) is 60.7 Å². The molecule has 6 heteroatoms. The minimum Gasteiger partial charge on any atom is -0.405 e. The Morgan fingerprint density at radius 3 is 1.45 bits per heavy atom. The summed E-state index contributed by atoms with van der Waals surface area (Å²) < 4.78 is 23.5. The first kappa shape index (κ1) is 14.0. The standard InChI is InChI=1S/C16H16B2O4/c1-3-7-13(8-4-1)17-19-11-15(21-17)16-12-20-18(22-16)14-9-5-2-6-10-14/h1-10,15-16H,11-12H2/t15-,16+. The van der Waals surface area contributed by atoms with Crippen LogP contribution in [-0.4, -0.2) is 39.7 Å². The summed E-state index contributed by atoms with van der Waals surface area (Å²) in [5.41, 5.74) is 2.06. The third-order valence-electron chi connectivity index (χ3n) is 3.98. The van der Waals surface area contributed by atoms with Crippen LogP contribution in [0.4, 0.5) is 0 Å². The molecule has 0 saturated carbocycles. The van der Waals surface area contributed by atoms with Crippen molar-refractivity contribution in [2.45, 2.75) is 12.2 Å². The van der Waals surface area contributed by atoms with E-state index in [0.717, 1.165) is 10.9 Å². The molecule has 22 heavy (non-hydrogen) atoms. The van der Waals surface area contributed by atoms with E-state index in [1.165, 1.54) is 0 Å². The van der Waals surface area contributed by atoms with Gasteiger partial charge in [0.15, 0.2) is 0 Å². The maximum Gasteiger partial charge on any atom is 0.494 e. The second-order valence-corrected chi connectivity index (χ2v) is 5.50. The highest BCUT2D eigenvalue weighted by atomic mass is 16.7. The van der Waals surface area contributed by atoms with Gasteiger partial charge in [-0.15, -0.1) is 0 Å². The molecule has 0 aliphatic carbocycles. The van der Waals surface area contributed by atoms with Crippen LogP contribution >= 0.6 is 0 Å². The van der Waals surface area contributed by atoms with Crippen molar-refractivity contribution in [3.05, 3.63) is 60.7 Å². The third kappa shape index (κ3) is 2.83. The van der Waals surface area contributed by atoms with E-state index in [2.05, 4.69) is 0 Å². The molecule has 0 bridgehead atoms. The topological polar surface area (TPSA) is 36.9 Å². The van der Waals surface area contributed by atoms with E-state index in [1.807, 2.05) is 60.7 Å². The molecule has 0 unspecified atom stereocenters. The van der Waals surface area contributed by atoms with Gasteiger partial charge in [0.2, 0.25) is 0 Å². The summed E-state index contributed by atoms with van der Waals surface area (Å²) in [6.07, 6.45) is -0.196. The molecule has 2 fully saturated rings. The van der Waals surface area contributed by atoms with Crippen molar-refractivity contribution in [2.24, 2.45) is 0 Å². The fourth-order valence-electron chi connectivity index (χ4n) is 2.80. The summed E-state index contributed by atoms with van der Waals surface area (Å²) in [5, 5.41) is 0. The normalized spacial score (nSPS) is 24.9. The number of benzene rings is 2. The zero-order chi connectivity index (χ0) is 14.8. The molecule has 2 aromatic carbocycles. The third-order valence-corrected chi connectivity index (χ3v) is 3.98. The molecule has 2 aliphatic rings. The van der Waals surface area contributed by atoms with Crippen molar-refractivity contribution in [3.8, 4) is 0 Å². The van der Waals surface area contributed by atoms with Gasteiger partial charge in [0.1, 0.15) is 0 Å². The molecule has 2 aromatic rings. The summed E-state index contributed by atoms with van der Waals surface area (Å²) in [5.74, 6) is 0. The number of hydrogen-bond donors (Lipinski definition) is 0. The molecule has 2 saturated heterocycles. The molecule has 4 rings (SSSR count). The lowest BCUT2D eigenvalue weighted by molar-refractivity contribution is 0.0817. The van der Waals surface area contributed by atoms with Gasteiger partial charge in [0, 0.05) is 0 Å². The van der Waals surface area contributed by atoms with Crippen molar-refractivity contribution in [1.82, 2.24) is 0 Å². The fourth-order valence-corrected chi connectivity index (χ4v) is 2.80. The van der Waals surface area contributed by atoms with Crippen LogP contribution in [0.25, 0.3) is 0 Å². The summed E-state index contributed by atoms with van der Waals surface area (Å²) in [7, 11) is -0.629. The van der Waals surface area contributed by atoms with Crippen molar-refractivity contribution in [3.63, 3.8) is 0 Å². The van der Waals surface area contributed by atoms with Crippen LogP contribution in [0.3, 0.4) is 0 Å². The first-order valence-electron chi connectivity index (χ1n) is 7.54. The average molecular weight is 294 g/mol. The first-order chi connectivity index (χ1) is 10.9. The minimum atomic E-state index is -0.314. The predicted octanol–water partition coefficient (Wildman–Crippen LogP) is 0.608. The van der Waals surface area contributed by atoms with Gasteiger partial charge in [0.05, 0.1) is 25.4 Å². The predicted molar refractivity (Wildman–Crippen MR) is 85.3 cm³/mol. The molecule has 0 spiro atoms. The summed E-state index contributed by atoms with van der Waals surface area (Å²) in [6, 6.07) is 19.9. The molecule has 2 heterocycles. The Morgan fingerprint density at radius 2 is 1.05 bits per heavy atom. The lowest BCUT2D eigenvalue weighted by atomic mass is 9.79. The average Bonchev–Trinajstić information content (AvgIpc) is 3.26. The van der Waals surface area contributed by atoms with Crippen LogP contribution < -0.4 is 10.9 Å². The van der Waals surface area contributed by atoms with E-state index in [-0.39, 0.29) is 26.4 Å². The summed E-state index contributed by atoms with van der Waals surface area (Å²) in [6.45, 7) is 1.05. The summed E-state index contributed by atoms with van der Waals surface area (Å²) >= 11 is 0. The molecule has 2 atom stereocenters. The van der Waals surface area contributed by atoms with Crippen molar-refractivity contribution < 1.29 is 18.6 Å². The Kier molecular flexibility index (Phi) is 3.99. The highest BCUT2D eigenvalue weighted by molar-refractivity contribution is 6.62. The molecule has 0 N–H and O–H groups in total. The van der Waals surface area contributed by atoms with Crippen LogP contribution in [0.1, 0.15) is 0 Å². The van der Waals surface area contributed by atoms with E-state index in [9.17, 15) is 0 Å². The zero-order valence-corrected chi connectivity index (χ0v) is 12.1. The zero-order valence-electron chi connectivity index (χ0n) is 12.1. The van der Waals surface area contributed by atoms with E-state index >= 15 is 0 Å². The van der Waals surface area contributed by atoms with Gasteiger partial charge in [-0.25, -0.2) is 0 Å². The monoisotopic (exact) mass is 294 g/mol. The van der Waals surface area contributed by atoms with E-state index in [4.69, 9.17) is 18.6 Å². The van der Waals surface area contributed by atoms with E-state index in [0.29, 0.717) is 13.2 Å². The van der Waals surface area contributed by atoms with Crippen LogP contribution in [0.5, 0.6) is 0 Å². The molecule has 0 radical (unpaired) electrons. The molecule has 0 aromatic heterocycles. The lowest BCUT2D eigenvalue weighted by Gasteiger charge is -2.16. The Morgan fingerprint density at radius 1 is 0.636 bits per heavy atom. The molecule has 110 valence electrons. The Hall–Kier alpha value is -1.59. The van der Waals surface area contributed by atoms with Crippen molar-refractivity contribution in [2.75, 3.05) is 13.2 Å². The van der Waals surface area contributed by atoms with Crippen LogP contribution in [0.15, 0.2) is 60.7 Å². The quantitative estimate of drug-likeness (QED) is 0.777. The second kappa shape index (κ2) is 6.26. The van der Waals surface area contributed by atoms with E-state index < -0.39 is 0 Å². The molecule has 4 nitrogen and oxygen atoms in total. The Balaban J connectivity index is 1.38. The smallest absolute Gasteiger partial charge is 0.405 e. The molecular weight excluding hydrogens is 278 g/mol. The first-order valence-corrected chi connectivity index (χ1v) is 7.54. The highest BCUT2D eigenvalue weighted by Crippen LogP contribution is 2.20. The number of rotatable bonds is 3. The SMILES string of the molecule is c1ccc(B2OC[C@@H]([C@H]3COB(c4ccccc4)O3)O2)cc1. The van der Waals surface area contributed by atoms with Gasteiger partial charge in [-0.2, -0.15) is 0 Å². The highest BCUT2D eigenvalue weighted by Gasteiger charge is 2.43. The van der Waals surface area contributed by atoms with Gasteiger partial charge < -0.3 is 18.6 Å². The van der Waals surface area contributed by atoms with Gasteiger partial charge in [-0.05, 0) is 10.9 Å². The summed E-state index contributed by atoms with van der Waals surface area (Å²) in [4.78, 5) is 0. The Labute approximate surface area is 130 Å².